The van der Waals surface area contributed by atoms with E-state index in [2.05, 4.69) is 26.0 Å². The number of aliphatic hydroxyl groups excluding tert-OH is 1. The van der Waals surface area contributed by atoms with Crippen molar-refractivity contribution in [2.45, 2.75) is 33.3 Å². The minimum Gasteiger partial charge on any atom is -0.386 e. The van der Waals surface area contributed by atoms with E-state index in [0.717, 1.165) is 12.0 Å². The Morgan fingerprint density at radius 2 is 1.81 bits per heavy atom. The molecule has 0 aliphatic rings. The van der Waals surface area contributed by atoms with Crippen LogP contribution in [-0.4, -0.2) is 18.3 Å². The van der Waals surface area contributed by atoms with Crippen LogP contribution in [0.3, 0.4) is 0 Å². The van der Waals surface area contributed by atoms with Crippen molar-refractivity contribution in [1.29, 1.82) is 0 Å². The van der Waals surface area contributed by atoms with Crippen LogP contribution in [0.4, 0.5) is 0 Å². The Hall–Kier alpha value is -0.860. The highest BCUT2D eigenvalue weighted by atomic mass is 16.5. The number of ether oxygens (including phenoxy) is 1. The Morgan fingerprint density at radius 3 is 2.31 bits per heavy atom. The first-order valence-corrected chi connectivity index (χ1v) is 5.98. The maximum atomic E-state index is 9.80. The lowest BCUT2D eigenvalue weighted by atomic mass is 10.0. The summed E-state index contributed by atoms with van der Waals surface area (Å²) in [6, 6.07) is 8.15. The molecule has 0 aromatic heterocycles. The first-order valence-electron chi connectivity index (χ1n) is 5.98. The van der Waals surface area contributed by atoms with Crippen molar-refractivity contribution in [1.82, 2.24) is 0 Å². The van der Waals surface area contributed by atoms with Crippen LogP contribution in [0.2, 0.25) is 0 Å². The van der Waals surface area contributed by atoms with Crippen molar-refractivity contribution >= 4 is 0 Å². The number of aliphatic hydroxyl groups is 1. The lowest BCUT2D eigenvalue weighted by Gasteiger charge is -2.12. The molecular weight excluding hydrogens is 200 g/mol. The van der Waals surface area contributed by atoms with E-state index in [9.17, 15) is 5.11 Å². The summed E-state index contributed by atoms with van der Waals surface area (Å²) >= 11 is 0. The summed E-state index contributed by atoms with van der Waals surface area (Å²) < 4.78 is 5.19. The standard InChI is InChI=1S/C14H22O2/c1-4-16-10-14(15)13-7-5-12(6-8-13)9-11(2)3/h5-8,11,14-15H,4,9-10H2,1-3H3/t14-/m0/s1. The van der Waals surface area contributed by atoms with Crippen molar-refractivity contribution in [3.8, 4) is 0 Å². The third kappa shape index (κ3) is 4.33. The zero-order valence-electron chi connectivity index (χ0n) is 10.4. The van der Waals surface area contributed by atoms with E-state index in [-0.39, 0.29) is 0 Å². The molecule has 2 heteroatoms. The smallest absolute Gasteiger partial charge is 0.102 e. The number of hydrogen-bond acceptors (Lipinski definition) is 2. The molecule has 0 bridgehead atoms. The molecule has 1 N–H and O–H groups in total. The summed E-state index contributed by atoms with van der Waals surface area (Å²) in [5, 5.41) is 9.80. The fraction of sp³-hybridized carbons (Fsp3) is 0.571. The molecule has 0 radical (unpaired) electrons. The van der Waals surface area contributed by atoms with E-state index in [0.29, 0.717) is 19.1 Å². The molecule has 0 aliphatic carbocycles. The first kappa shape index (κ1) is 13.2. The minimum absolute atomic E-state index is 0.375. The molecule has 90 valence electrons. The Morgan fingerprint density at radius 1 is 1.19 bits per heavy atom. The largest absolute Gasteiger partial charge is 0.386 e. The van der Waals surface area contributed by atoms with E-state index in [1.165, 1.54) is 5.56 Å². The molecule has 0 amide bonds. The average Bonchev–Trinajstić information content (AvgIpc) is 2.26. The van der Waals surface area contributed by atoms with Crippen LogP contribution >= 0.6 is 0 Å². The molecule has 1 aromatic rings. The van der Waals surface area contributed by atoms with Gasteiger partial charge >= 0.3 is 0 Å². The number of rotatable bonds is 6. The zero-order valence-corrected chi connectivity index (χ0v) is 10.4. The summed E-state index contributed by atoms with van der Waals surface area (Å²) in [5.41, 5.74) is 2.25. The van der Waals surface area contributed by atoms with Gasteiger partial charge in [0, 0.05) is 6.61 Å². The van der Waals surface area contributed by atoms with Gasteiger partial charge in [0.25, 0.3) is 0 Å². The van der Waals surface area contributed by atoms with Gasteiger partial charge in [-0.1, -0.05) is 38.1 Å². The van der Waals surface area contributed by atoms with Gasteiger partial charge in [-0.15, -0.1) is 0 Å². The van der Waals surface area contributed by atoms with Crippen LogP contribution in [0.5, 0.6) is 0 Å². The Bertz CT molecular complexity index is 290. The van der Waals surface area contributed by atoms with E-state index < -0.39 is 6.10 Å². The van der Waals surface area contributed by atoms with Crippen molar-refractivity contribution in [3.63, 3.8) is 0 Å². The summed E-state index contributed by atoms with van der Waals surface area (Å²) in [5.74, 6) is 0.666. The van der Waals surface area contributed by atoms with Gasteiger partial charge in [-0.25, -0.2) is 0 Å². The number of hydrogen-bond donors (Lipinski definition) is 1. The third-order valence-electron chi connectivity index (χ3n) is 2.49. The van der Waals surface area contributed by atoms with Crippen LogP contribution in [0, 0.1) is 5.92 Å². The third-order valence-corrected chi connectivity index (χ3v) is 2.49. The fourth-order valence-electron chi connectivity index (χ4n) is 1.67. The van der Waals surface area contributed by atoms with Gasteiger partial charge in [-0.3, -0.25) is 0 Å². The Balaban J connectivity index is 2.56. The minimum atomic E-state index is -0.506. The van der Waals surface area contributed by atoms with Gasteiger partial charge in [0.15, 0.2) is 0 Å². The molecule has 1 atom stereocenters. The van der Waals surface area contributed by atoms with Crippen molar-refractivity contribution in [2.24, 2.45) is 5.92 Å². The SMILES string of the molecule is CCOC[C@H](O)c1ccc(CC(C)C)cc1. The van der Waals surface area contributed by atoms with Crippen LogP contribution in [-0.2, 0) is 11.2 Å². The maximum absolute atomic E-state index is 9.80. The summed E-state index contributed by atoms with van der Waals surface area (Å²) in [7, 11) is 0. The lowest BCUT2D eigenvalue weighted by molar-refractivity contribution is 0.0420. The van der Waals surface area contributed by atoms with Gasteiger partial charge < -0.3 is 9.84 Å². The van der Waals surface area contributed by atoms with E-state index in [1.807, 2.05) is 19.1 Å². The molecule has 0 fully saturated rings. The van der Waals surface area contributed by atoms with Gasteiger partial charge in [0.1, 0.15) is 6.10 Å². The maximum Gasteiger partial charge on any atom is 0.102 e. The van der Waals surface area contributed by atoms with Crippen LogP contribution < -0.4 is 0 Å². The van der Waals surface area contributed by atoms with E-state index in [4.69, 9.17) is 4.74 Å². The Labute approximate surface area is 98.3 Å². The summed E-state index contributed by atoms with van der Waals surface area (Å²) in [6.07, 6.45) is 0.579. The molecular formula is C14H22O2. The molecule has 1 rings (SSSR count). The fourth-order valence-corrected chi connectivity index (χ4v) is 1.67. The van der Waals surface area contributed by atoms with E-state index >= 15 is 0 Å². The predicted molar refractivity (Wildman–Crippen MR) is 66.4 cm³/mol. The molecule has 2 nitrogen and oxygen atoms in total. The predicted octanol–water partition coefficient (Wildman–Crippen LogP) is 2.96. The molecule has 0 saturated carbocycles. The second-order valence-electron chi connectivity index (χ2n) is 4.51. The highest BCUT2D eigenvalue weighted by Gasteiger charge is 2.07. The summed E-state index contributed by atoms with van der Waals surface area (Å²) in [6.45, 7) is 7.36. The van der Waals surface area contributed by atoms with Crippen molar-refractivity contribution < 1.29 is 9.84 Å². The van der Waals surface area contributed by atoms with Crippen LogP contribution in [0.1, 0.15) is 38.0 Å². The average molecular weight is 222 g/mol. The van der Waals surface area contributed by atoms with Crippen molar-refractivity contribution in [3.05, 3.63) is 35.4 Å². The quantitative estimate of drug-likeness (QED) is 0.802. The molecule has 16 heavy (non-hydrogen) atoms. The highest BCUT2D eigenvalue weighted by Crippen LogP contribution is 2.16. The topological polar surface area (TPSA) is 29.5 Å². The molecule has 0 heterocycles. The normalized spacial score (nSPS) is 13.1. The molecule has 0 unspecified atom stereocenters. The highest BCUT2D eigenvalue weighted by molar-refractivity contribution is 5.24. The lowest BCUT2D eigenvalue weighted by Crippen LogP contribution is -2.07. The van der Waals surface area contributed by atoms with Gasteiger partial charge in [-0.2, -0.15) is 0 Å². The van der Waals surface area contributed by atoms with E-state index in [1.54, 1.807) is 0 Å². The number of benzene rings is 1. The molecule has 0 spiro atoms. The zero-order chi connectivity index (χ0) is 12.0. The van der Waals surface area contributed by atoms with Gasteiger partial charge in [0.2, 0.25) is 0 Å². The Kier molecular flexibility index (Phi) is 5.50. The second kappa shape index (κ2) is 6.66. The molecule has 0 aliphatic heterocycles. The van der Waals surface area contributed by atoms with Crippen LogP contribution in [0.15, 0.2) is 24.3 Å². The molecule has 1 aromatic carbocycles. The first-order chi connectivity index (χ1) is 7.63. The second-order valence-corrected chi connectivity index (χ2v) is 4.51. The van der Waals surface area contributed by atoms with Gasteiger partial charge in [0.05, 0.1) is 6.61 Å². The van der Waals surface area contributed by atoms with Crippen LogP contribution in [0.25, 0.3) is 0 Å². The monoisotopic (exact) mass is 222 g/mol. The van der Waals surface area contributed by atoms with Gasteiger partial charge in [-0.05, 0) is 30.4 Å². The molecule has 0 saturated heterocycles. The summed E-state index contributed by atoms with van der Waals surface area (Å²) in [4.78, 5) is 0. The van der Waals surface area contributed by atoms with Crippen molar-refractivity contribution in [2.75, 3.05) is 13.2 Å².